The van der Waals surface area contributed by atoms with Gasteiger partial charge in [-0.15, -0.1) is 0 Å². The molecule has 2 rings (SSSR count). The van der Waals surface area contributed by atoms with Crippen molar-refractivity contribution in [2.75, 3.05) is 39.1 Å². The zero-order valence-electron chi connectivity index (χ0n) is 12.9. The van der Waals surface area contributed by atoms with Crippen LogP contribution >= 0.6 is 0 Å². The number of nitrogens with zero attached hydrogens (tertiary/aromatic N) is 4. The van der Waals surface area contributed by atoms with Gasteiger partial charge < -0.3 is 15.1 Å². The van der Waals surface area contributed by atoms with E-state index >= 15 is 0 Å². The maximum Gasteiger partial charge on any atom is 0.288 e. The lowest BCUT2D eigenvalue weighted by Gasteiger charge is -2.23. The number of hydrogen-bond acceptors (Lipinski definition) is 5. The van der Waals surface area contributed by atoms with Gasteiger partial charge in [0.05, 0.1) is 0 Å². The molecule has 1 aliphatic rings. The van der Waals surface area contributed by atoms with Crippen molar-refractivity contribution >= 4 is 11.7 Å². The van der Waals surface area contributed by atoms with E-state index in [0.717, 1.165) is 36.6 Å². The van der Waals surface area contributed by atoms with Crippen LogP contribution in [0.25, 0.3) is 0 Å². The van der Waals surface area contributed by atoms with E-state index in [1.807, 2.05) is 13.8 Å². The number of anilines is 1. The monoisotopic (exact) mass is 277 g/mol. The van der Waals surface area contributed by atoms with Crippen LogP contribution in [0.2, 0.25) is 0 Å². The fourth-order valence-electron chi connectivity index (χ4n) is 2.49. The van der Waals surface area contributed by atoms with Crippen LogP contribution < -0.4 is 10.2 Å². The summed E-state index contributed by atoms with van der Waals surface area (Å²) in [5.74, 6) is 0.900. The molecule has 0 bridgehead atoms. The third-order valence-corrected chi connectivity index (χ3v) is 3.99. The van der Waals surface area contributed by atoms with Gasteiger partial charge in [0, 0.05) is 37.4 Å². The summed E-state index contributed by atoms with van der Waals surface area (Å²) in [6, 6.07) is 0.535. The molecule has 6 nitrogen and oxygen atoms in total. The molecule has 6 heteroatoms. The zero-order chi connectivity index (χ0) is 14.9. The first-order valence-corrected chi connectivity index (χ1v) is 6.92. The number of nitrogens with one attached hydrogen (secondary N) is 1. The minimum atomic E-state index is -0.238. The molecule has 1 fully saturated rings. The largest absolute Gasteiger partial charge is 0.355 e. The van der Waals surface area contributed by atoms with E-state index < -0.39 is 0 Å². The van der Waals surface area contributed by atoms with Crippen LogP contribution in [0.1, 0.15) is 28.3 Å². The van der Waals surface area contributed by atoms with Crippen molar-refractivity contribution in [2.24, 2.45) is 0 Å². The van der Waals surface area contributed by atoms with Gasteiger partial charge in [-0.25, -0.2) is 9.97 Å². The molecule has 0 unspecified atom stereocenters. The molecule has 1 amide bonds. The van der Waals surface area contributed by atoms with E-state index in [-0.39, 0.29) is 11.7 Å². The van der Waals surface area contributed by atoms with Crippen LogP contribution in [-0.2, 0) is 0 Å². The molecule has 1 saturated heterocycles. The highest BCUT2D eigenvalue weighted by molar-refractivity contribution is 5.90. The Morgan fingerprint density at radius 3 is 2.60 bits per heavy atom. The molecule has 1 aromatic rings. The SMILES string of the molecule is CNC(=O)c1nc(C)c(C)c(N2CC[C@@H](N(C)C)C2)n1. The van der Waals surface area contributed by atoms with Gasteiger partial charge in [0.1, 0.15) is 5.82 Å². The second-order valence-corrected chi connectivity index (χ2v) is 5.51. The highest BCUT2D eigenvalue weighted by Gasteiger charge is 2.27. The molecule has 1 N–H and O–H groups in total. The molecule has 0 spiro atoms. The zero-order valence-corrected chi connectivity index (χ0v) is 12.9. The van der Waals surface area contributed by atoms with Gasteiger partial charge in [-0.3, -0.25) is 4.79 Å². The van der Waals surface area contributed by atoms with Crippen LogP contribution in [-0.4, -0.2) is 61.0 Å². The average molecular weight is 277 g/mol. The number of hydrogen-bond donors (Lipinski definition) is 1. The standard InChI is InChI=1S/C14H23N5O/c1-9-10(2)16-12(14(20)15-3)17-13(9)19-7-6-11(8-19)18(4)5/h11H,6-8H2,1-5H3,(H,15,20)/t11-/m1/s1. The first-order chi connectivity index (χ1) is 9.43. The van der Waals surface area contributed by atoms with Gasteiger partial charge in [-0.1, -0.05) is 0 Å². The van der Waals surface area contributed by atoms with Crippen LogP contribution in [0.5, 0.6) is 0 Å². The van der Waals surface area contributed by atoms with Gasteiger partial charge in [-0.2, -0.15) is 0 Å². The molecule has 0 saturated carbocycles. The molecule has 0 aromatic carbocycles. The molecular formula is C14H23N5O. The van der Waals surface area contributed by atoms with Crippen molar-refractivity contribution in [3.05, 3.63) is 17.1 Å². The van der Waals surface area contributed by atoms with Crippen LogP contribution in [0.4, 0.5) is 5.82 Å². The van der Waals surface area contributed by atoms with Crippen LogP contribution in [0, 0.1) is 13.8 Å². The average Bonchev–Trinajstić information content (AvgIpc) is 2.90. The minimum absolute atomic E-state index is 0.238. The third-order valence-electron chi connectivity index (χ3n) is 3.99. The summed E-state index contributed by atoms with van der Waals surface area (Å²) in [6.07, 6.45) is 1.12. The minimum Gasteiger partial charge on any atom is -0.355 e. The Labute approximate surface area is 120 Å². The van der Waals surface area contributed by atoms with Crippen molar-refractivity contribution in [3.63, 3.8) is 0 Å². The Morgan fingerprint density at radius 1 is 1.35 bits per heavy atom. The van der Waals surface area contributed by atoms with Gasteiger partial charge in [0.2, 0.25) is 5.82 Å². The topological polar surface area (TPSA) is 61.4 Å². The summed E-state index contributed by atoms with van der Waals surface area (Å²) in [4.78, 5) is 25.0. The fourth-order valence-corrected chi connectivity index (χ4v) is 2.49. The van der Waals surface area contributed by atoms with Crippen molar-refractivity contribution in [1.82, 2.24) is 20.2 Å². The van der Waals surface area contributed by atoms with Gasteiger partial charge in [-0.05, 0) is 34.4 Å². The van der Waals surface area contributed by atoms with Gasteiger partial charge in [0.15, 0.2) is 0 Å². The Bertz CT molecular complexity index is 515. The Hall–Kier alpha value is -1.69. The number of aryl methyl sites for hydroxylation is 1. The van der Waals surface area contributed by atoms with Crippen LogP contribution in [0.3, 0.4) is 0 Å². The number of carbonyl (C=O) groups excluding carboxylic acids is 1. The maximum atomic E-state index is 11.8. The van der Waals surface area contributed by atoms with E-state index in [9.17, 15) is 4.79 Å². The second kappa shape index (κ2) is 5.75. The highest BCUT2D eigenvalue weighted by Crippen LogP contribution is 2.25. The molecule has 110 valence electrons. The summed E-state index contributed by atoms with van der Waals surface area (Å²) in [5, 5.41) is 2.58. The highest BCUT2D eigenvalue weighted by atomic mass is 16.2. The van der Waals surface area contributed by atoms with Crippen LogP contribution in [0.15, 0.2) is 0 Å². The molecule has 1 atom stereocenters. The lowest BCUT2D eigenvalue weighted by molar-refractivity contribution is 0.0952. The number of carbonyl (C=O) groups is 1. The Kier molecular flexibility index (Phi) is 4.23. The van der Waals surface area contributed by atoms with Crippen molar-refractivity contribution < 1.29 is 4.79 Å². The lowest BCUT2D eigenvalue weighted by atomic mass is 10.2. The summed E-state index contributed by atoms with van der Waals surface area (Å²) in [7, 11) is 5.79. The predicted molar refractivity (Wildman–Crippen MR) is 79.2 cm³/mol. The molecule has 1 aromatic heterocycles. The number of rotatable bonds is 3. The lowest BCUT2D eigenvalue weighted by Crippen LogP contribution is -2.32. The summed E-state index contributed by atoms with van der Waals surface area (Å²) < 4.78 is 0. The molecule has 2 heterocycles. The summed E-state index contributed by atoms with van der Waals surface area (Å²) >= 11 is 0. The number of amides is 1. The summed E-state index contributed by atoms with van der Waals surface area (Å²) in [5.41, 5.74) is 1.92. The fraction of sp³-hybridized carbons (Fsp3) is 0.643. The Morgan fingerprint density at radius 2 is 2.05 bits per heavy atom. The van der Waals surface area contributed by atoms with E-state index in [4.69, 9.17) is 0 Å². The summed E-state index contributed by atoms with van der Waals surface area (Å²) in [6.45, 7) is 5.85. The molecule has 0 radical (unpaired) electrons. The van der Waals surface area contributed by atoms with Crippen molar-refractivity contribution in [2.45, 2.75) is 26.3 Å². The number of aromatic nitrogens is 2. The molecule has 0 aliphatic carbocycles. The van der Waals surface area contributed by atoms with Crippen molar-refractivity contribution in [1.29, 1.82) is 0 Å². The molecular weight excluding hydrogens is 254 g/mol. The van der Waals surface area contributed by atoms with E-state index in [0.29, 0.717) is 6.04 Å². The van der Waals surface area contributed by atoms with E-state index in [1.54, 1.807) is 7.05 Å². The molecule has 1 aliphatic heterocycles. The van der Waals surface area contributed by atoms with Gasteiger partial charge >= 0.3 is 0 Å². The third kappa shape index (κ3) is 2.75. The number of likely N-dealkylation sites (N-methyl/N-ethyl adjacent to an activating group) is 1. The normalized spacial score (nSPS) is 18.7. The smallest absolute Gasteiger partial charge is 0.288 e. The van der Waals surface area contributed by atoms with E-state index in [2.05, 4.69) is 39.2 Å². The second-order valence-electron chi connectivity index (χ2n) is 5.51. The van der Waals surface area contributed by atoms with Gasteiger partial charge in [0.25, 0.3) is 5.91 Å². The maximum absolute atomic E-state index is 11.8. The quantitative estimate of drug-likeness (QED) is 0.876. The van der Waals surface area contributed by atoms with E-state index in [1.165, 1.54) is 0 Å². The predicted octanol–water partition coefficient (Wildman–Crippen LogP) is 0.593. The Balaban J connectivity index is 2.32. The molecule has 20 heavy (non-hydrogen) atoms. The van der Waals surface area contributed by atoms with Crippen molar-refractivity contribution in [3.8, 4) is 0 Å². The first-order valence-electron chi connectivity index (χ1n) is 6.92. The first kappa shape index (κ1) is 14.7.